The van der Waals surface area contributed by atoms with E-state index in [0.29, 0.717) is 18.0 Å². The third-order valence-corrected chi connectivity index (χ3v) is 5.71. The second-order valence-electron chi connectivity index (χ2n) is 7.96. The molecule has 0 bridgehead atoms. The van der Waals surface area contributed by atoms with Crippen molar-refractivity contribution in [1.29, 1.82) is 0 Å². The first-order chi connectivity index (χ1) is 11.5. The van der Waals surface area contributed by atoms with Gasteiger partial charge in [-0.05, 0) is 46.6 Å². The van der Waals surface area contributed by atoms with Crippen LogP contribution in [0.4, 0.5) is 0 Å². The highest BCUT2D eigenvalue weighted by Gasteiger charge is 2.31. The van der Waals surface area contributed by atoms with Crippen LogP contribution in [0.15, 0.2) is 4.99 Å². The number of likely N-dealkylation sites (tertiary alicyclic amines) is 1. The minimum atomic E-state index is 0.498. The zero-order valence-electron chi connectivity index (χ0n) is 16.5. The second kappa shape index (κ2) is 9.62. The molecule has 24 heavy (non-hydrogen) atoms. The topological polar surface area (TPSA) is 42.9 Å². The highest BCUT2D eigenvalue weighted by Crippen LogP contribution is 2.22. The van der Waals surface area contributed by atoms with Crippen molar-refractivity contribution in [2.24, 2.45) is 10.9 Å². The molecule has 1 aliphatic carbocycles. The molecule has 2 atom stereocenters. The first-order valence-corrected chi connectivity index (χ1v) is 10.00. The molecule has 5 nitrogen and oxygen atoms in total. The lowest BCUT2D eigenvalue weighted by Crippen LogP contribution is -2.47. The number of aliphatic imine (C=N–C) groups is 1. The Labute approximate surface area is 149 Å². The average molecular weight is 338 g/mol. The predicted molar refractivity (Wildman–Crippen MR) is 104 cm³/mol. The van der Waals surface area contributed by atoms with Crippen molar-refractivity contribution in [1.82, 2.24) is 20.4 Å². The molecular weight excluding hydrogens is 298 g/mol. The van der Waals surface area contributed by atoms with E-state index in [1.807, 2.05) is 0 Å². The van der Waals surface area contributed by atoms with Gasteiger partial charge in [0.15, 0.2) is 5.96 Å². The van der Waals surface area contributed by atoms with E-state index in [-0.39, 0.29) is 0 Å². The Kier molecular flexibility index (Phi) is 7.82. The molecule has 1 saturated carbocycles. The number of guanidine groups is 1. The molecule has 1 aliphatic heterocycles. The summed E-state index contributed by atoms with van der Waals surface area (Å²) in [6, 6.07) is 1.90. The average Bonchev–Trinajstić information content (AvgIpc) is 3.18. The lowest BCUT2D eigenvalue weighted by Gasteiger charge is -2.24. The Bertz CT molecular complexity index is 389. The predicted octanol–water partition coefficient (Wildman–Crippen LogP) is 2.14. The Morgan fingerprint density at radius 3 is 2.54 bits per heavy atom. The fraction of sp³-hybridized carbons (Fsp3) is 0.947. The number of rotatable bonds is 7. The Hall–Kier alpha value is -0.810. The van der Waals surface area contributed by atoms with Gasteiger partial charge in [-0.15, -0.1) is 0 Å². The van der Waals surface area contributed by atoms with Gasteiger partial charge in [0.05, 0.1) is 6.54 Å². The maximum atomic E-state index is 4.83. The van der Waals surface area contributed by atoms with E-state index in [2.05, 4.69) is 55.2 Å². The molecule has 2 rings (SSSR count). The van der Waals surface area contributed by atoms with Crippen molar-refractivity contribution in [3.63, 3.8) is 0 Å². The van der Waals surface area contributed by atoms with Gasteiger partial charge in [-0.1, -0.05) is 19.8 Å². The lowest BCUT2D eigenvalue weighted by molar-refractivity contribution is 0.252. The van der Waals surface area contributed by atoms with Crippen LogP contribution in [0.25, 0.3) is 0 Å². The van der Waals surface area contributed by atoms with Gasteiger partial charge in [0.1, 0.15) is 0 Å². The smallest absolute Gasteiger partial charge is 0.191 e. The molecule has 1 heterocycles. The summed E-state index contributed by atoms with van der Waals surface area (Å²) in [5, 5.41) is 7.09. The highest BCUT2D eigenvalue weighted by atomic mass is 15.3. The fourth-order valence-electron chi connectivity index (χ4n) is 3.96. The molecule has 5 heteroatoms. The van der Waals surface area contributed by atoms with Gasteiger partial charge < -0.3 is 15.5 Å². The summed E-state index contributed by atoms with van der Waals surface area (Å²) >= 11 is 0. The SMILES string of the molecule is CCNC(=NCCN(C)C1CCCC1)NC1CN(C(C)C)CC1C. The van der Waals surface area contributed by atoms with Crippen molar-refractivity contribution >= 4 is 5.96 Å². The molecule has 140 valence electrons. The number of nitrogens with zero attached hydrogens (tertiary/aromatic N) is 3. The van der Waals surface area contributed by atoms with Crippen LogP contribution in [-0.2, 0) is 0 Å². The summed E-state index contributed by atoms with van der Waals surface area (Å²) in [6.07, 6.45) is 5.52. The first-order valence-electron chi connectivity index (χ1n) is 10.00. The monoisotopic (exact) mass is 337 g/mol. The molecule has 1 saturated heterocycles. The number of likely N-dealkylation sites (N-methyl/N-ethyl adjacent to an activating group) is 1. The maximum absolute atomic E-state index is 4.83. The van der Waals surface area contributed by atoms with Gasteiger partial charge >= 0.3 is 0 Å². The van der Waals surface area contributed by atoms with Gasteiger partial charge in [-0.2, -0.15) is 0 Å². The lowest BCUT2D eigenvalue weighted by atomic mass is 10.1. The van der Waals surface area contributed by atoms with Crippen molar-refractivity contribution in [2.75, 3.05) is 39.8 Å². The molecule has 0 radical (unpaired) electrons. The largest absolute Gasteiger partial charge is 0.357 e. The number of hydrogen-bond acceptors (Lipinski definition) is 3. The van der Waals surface area contributed by atoms with Crippen molar-refractivity contribution < 1.29 is 0 Å². The highest BCUT2D eigenvalue weighted by molar-refractivity contribution is 5.80. The quantitative estimate of drug-likeness (QED) is 0.552. The van der Waals surface area contributed by atoms with E-state index >= 15 is 0 Å². The van der Waals surface area contributed by atoms with Crippen molar-refractivity contribution in [2.45, 2.75) is 71.5 Å². The van der Waals surface area contributed by atoms with E-state index in [9.17, 15) is 0 Å². The second-order valence-corrected chi connectivity index (χ2v) is 7.96. The van der Waals surface area contributed by atoms with Crippen LogP contribution in [0.1, 0.15) is 53.4 Å². The van der Waals surface area contributed by atoms with Crippen molar-refractivity contribution in [3.8, 4) is 0 Å². The molecule has 2 unspecified atom stereocenters. The van der Waals surface area contributed by atoms with Gasteiger partial charge in [-0.25, -0.2) is 0 Å². The fourth-order valence-corrected chi connectivity index (χ4v) is 3.96. The molecule has 0 amide bonds. The van der Waals surface area contributed by atoms with Crippen LogP contribution in [0.2, 0.25) is 0 Å². The summed E-state index contributed by atoms with van der Waals surface area (Å²) in [7, 11) is 2.26. The van der Waals surface area contributed by atoms with Gasteiger partial charge in [0.2, 0.25) is 0 Å². The molecule has 0 aromatic carbocycles. The van der Waals surface area contributed by atoms with E-state index in [0.717, 1.165) is 38.2 Å². The minimum absolute atomic E-state index is 0.498. The molecule has 0 aromatic rings. The number of nitrogens with one attached hydrogen (secondary N) is 2. The van der Waals surface area contributed by atoms with E-state index in [1.165, 1.54) is 32.2 Å². The summed E-state index contributed by atoms with van der Waals surface area (Å²) in [5.41, 5.74) is 0. The van der Waals surface area contributed by atoms with Crippen LogP contribution in [0.3, 0.4) is 0 Å². The first kappa shape index (κ1) is 19.5. The molecule has 0 spiro atoms. The molecule has 2 aliphatic rings. The van der Waals surface area contributed by atoms with E-state index in [1.54, 1.807) is 0 Å². The summed E-state index contributed by atoms with van der Waals surface area (Å²) in [5.74, 6) is 1.65. The summed E-state index contributed by atoms with van der Waals surface area (Å²) < 4.78 is 0. The van der Waals surface area contributed by atoms with Gasteiger partial charge in [0, 0.05) is 44.3 Å². The summed E-state index contributed by atoms with van der Waals surface area (Å²) in [4.78, 5) is 9.88. The third kappa shape index (κ3) is 5.62. The zero-order chi connectivity index (χ0) is 17.5. The number of hydrogen-bond donors (Lipinski definition) is 2. The third-order valence-electron chi connectivity index (χ3n) is 5.71. The molecule has 0 aromatic heterocycles. The van der Waals surface area contributed by atoms with Crippen LogP contribution >= 0.6 is 0 Å². The Balaban J connectivity index is 1.81. The normalized spacial score (nSPS) is 26.7. The van der Waals surface area contributed by atoms with Crippen LogP contribution in [0, 0.1) is 5.92 Å². The molecule has 2 fully saturated rings. The Morgan fingerprint density at radius 1 is 1.25 bits per heavy atom. The zero-order valence-corrected chi connectivity index (χ0v) is 16.5. The molecular formula is C19H39N5. The van der Waals surface area contributed by atoms with Crippen molar-refractivity contribution in [3.05, 3.63) is 0 Å². The van der Waals surface area contributed by atoms with Crippen LogP contribution < -0.4 is 10.6 Å². The van der Waals surface area contributed by atoms with Crippen LogP contribution in [0.5, 0.6) is 0 Å². The standard InChI is InChI=1S/C19H39N5/c1-6-20-19(21-11-12-23(5)17-9-7-8-10-17)22-18-14-24(15(2)3)13-16(18)4/h15-18H,6-14H2,1-5H3,(H2,20,21,22). The minimum Gasteiger partial charge on any atom is -0.357 e. The van der Waals surface area contributed by atoms with E-state index in [4.69, 9.17) is 4.99 Å². The maximum Gasteiger partial charge on any atom is 0.191 e. The summed E-state index contributed by atoms with van der Waals surface area (Å²) in [6.45, 7) is 14.2. The Morgan fingerprint density at radius 2 is 1.96 bits per heavy atom. The van der Waals surface area contributed by atoms with Crippen LogP contribution in [-0.4, -0.2) is 73.7 Å². The van der Waals surface area contributed by atoms with E-state index < -0.39 is 0 Å². The van der Waals surface area contributed by atoms with Gasteiger partial charge in [0.25, 0.3) is 0 Å². The van der Waals surface area contributed by atoms with Gasteiger partial charge in [-0.3, -0.25) is 9.89 Å². The molecule has 2 N–H and O–H groups in total.